The number of benzene rings is 2. The van der Waals surface area contributed by atoms with E-state index < -0.39 is 27.5 Å². The fourth-order valence-corrected chi connectivity index (χ4v) is 4.86. The average Bonchev–Trinajstić information content (AvgIpc) is 2.52. The summed E-state index contributed by atoms with van der Waals surface area (Å²) in [6, 6.07) is 7.01. The smallest absolute Gasteiger partial charge is 0.324 e. The van der Waals surface area contributed by atoms with Crippen LogP contribution in [0.1, 0.15) is 22.3 Å². The molecule has 0 heterocycles. The summed E-state index contributed by atoms with van der Waals surface area (Å²) in [5.41, 5.74) is 2.27. The minimum absolute atomic E-state index is 0.258. The van der Waals surface area contributed by atoms with Crippen molar-refractivity contribution in [2.45, 2.75) is 32.6 Å². The Labute approximate surface area is 157 Å². The molecular weight excluding hydrogens is 372 g/mol. The van der Waals surface area contributed by atoms with Crippen molar-refractivity contribution in [3.05, 3.63) is 62.7 Å². The first kappa shape index (κ1) is 20.4. The van der Waals surface area contributed by atoms with Gasteiger partial charge in [0.1, 0.15) is 6.54 Å². The third-order valence-electron chi connectivity index (χ3n) is 4.11. The molecule has 0 aromatic heterocycles. The highest BCUT2D eigenvalue weighted by molar-refractivity contribution is 7.93. The molecule has 0 saturated heterocycles. The monoisotopic (exact) mass is 392 g/mol. The van der Waals surface area contributed by atoms with Gasteiger partial charge >= 0.3 is 5.97 Å². The van der Waals surface area contributed by atoms with Crippen molar-refractivity contribution in [3.8, 4) is 0 Å². The van der Waals surface area contributed by atoms with Crippen LogP contribution in [-0.2, 0) is 14.8 Å². The Morgan fingerprint density at radius 1 is 1.07 bits per heavy atom. The van der Waals surface area contributed by atoms with Gasteiger partial charge in [0.05, 0.1) is 15.5 Å². The summed E-state index contributed by atoms with van der Waals surface area (Å²) in [6.07, 6.45) is 0. The molecule has 8 nitrogen and oxygen atoms in total. The van der Waals surface area contributed by atoms with E-state index in [4.69, 9.17) is 0 Å². The lowest BCUT2D eigenvalue weighted by Crippen LogP contribution is -2.37. The van der Waals surface area contributed by atoms with E-state index in [-0.39, 0.29) is 16.3 Å². The number of aliphatic carboxylic acids is 1. The molecular formula is C18H20N2O6S. The van der Waals surface area contributed by atoms with E-state index in [1.54, 1.807) is 26.0 Å². The van der Waals surface area contributed by atoms with Gasteiger partial charge in [-0.15, -0.1) is 0 Å². The molecule has 0 spiro atoms. The summed E-state index contributed by atoms with van der Waals surface area (Å²) in [4.78, 5) is 21.5. The summed E-state index contributed by atoms with van der Waals surface area (Å²) in [5, 5.41) is 20.3. The predicted molar refractivity (Wildman–Crippen MR) is 101 cm³/mol. The number of anilines is 1. The van der Waals surface area contributed by atoms with Crippen molar-refractivity contribution < 1.29 is 23.2 Å². The van der Waals surface area contributed by atoms with Crippen molar-refractivity contribution in [2.75, 3.05) is 10.8 Å². The number of hydrogen-bond acceptors (Lipinski definition) is 5. The largest absolute Gasteiger partial charge is 0.480 e. The van der Waals surface area contributed by atoms with Crippen LogP contribution in [0.15, 0.2) is 35.2 Å². The Kier molecular flexibility index (Phi) is 5.55. The van der Waals surface area contributed by atoms with Gasteiger partial charge in [-0.25, -0.2) is 8.42 Å². The minimum atomic E-state index is -4.35. The minimum Gasteiger partial charge on any atom is -0.480 e. The number of carboxylic acid groups (broad SMARTS) is 1. The van der Waals surface area contributed by atoms with Crippen LogP contribution in [0.2, 0.25) is 0 Å². The zero-order valence-corrected chi connectivity index (χ0v) is 16.2. The highest BCUT2D eigenvalue weighted by Gasteiger charge is 2.31. The third kappa shape index (κ3) is 4.08. The molecule has 144 valence electrons. The summed E-state index contributed by atoms with van der Waals surface area (Å²) in [5.74, 6) is -1.33. The zero-order valence-electron chi connectivity index (χ0n) is 15.4. The number of nitro benzene ring substituents is 1. The van der Waals surface area contributed by atoms with Crippen molar-refractivity contribution >= 4 is 27.4 Å². The second-order valence-electron chi connectivity index (χ2n) is 6.36. The molecule has 0 aliphatic rings. The predicted octanol–water partition coefficient (Wildman–Crippen LogP) is 3.11. The summed E-state index contributed by atoms with van der Waals surface area (Å²) < 4.78 is 27.4. The van der Waals surface area contributed by atoms with E-state index in [0.29, 0.717) is 16.7 Å². The Bertz CT molecular complexity index is 1010. The molecule has 0 atom stereocenters. The van der Waals surface area contributed by atoms with Crippen LogP contribution < -0.4 is 4.31 Å². The van der Waals surface area contributed by atoms with E-state index in [2.05, 4.69) is 0 Å². The van der Waals surface area contributed by atoms with Crippen molar-refractivity contribution in [1.82, 2.24) is 0 Å². The number of nitro groups is 1. The van der Waals surface area contributed by atoms with Crippen molar-refractivity contribution in [1.29, 1.82) is 0 Å². The molecule has 2 aromatic rings. The van der Waals surface area contributed by atoms with E-state index in [1.165, 1.54) is 19.1 Å². The van der Waals surface area contributed by atoms with Gasteiger partial charge in [-0.2, -0.15) is 0 Å². The van der Waals surface area contributed by atoms with Crippen LogP contribution in [-0.4, -0.2) is 31.0 Å². The van der Waals surface area contributed by atoms with Crippen LogP contribution in [0.3, 0.4) is 0 Å². The van der Waals surface area contributed by atoms with Gasteiger partial charge in [0.25, 0.3) is 15.7 Å². The van der Waals surface area contributed by atoms with E-state index >= 15 is 0 Å². The number of carboxylic acids is 1. The number of carbonyl (C=O) groups is 1. The normalized spacial score (nSPS) is 11.3. The highest BCUT2D eigenvalue weighted by Crippen LogP contribution is 2.33. The molecule has 0 radical (unpaired) electrons. The molecule has 0 bridgehead atoms. The van der Waals surface area contributed by atoms with Crippen LogP contribution in [0.25, 0.3) is 0 Å². The molecule has 1 N–H and O–H groups in total. The molecule has 0 amide bonds. The number of aryl methyl sites for hydroxylation is 4. The maximum absolute atomic E-state index is 13.3. The fourth-order valence-electron chi connectivity index (χ4n) is 3.07. The standard InChI is InChI=1S/C18H20N2O6S/c1-11-7-13(3)18(14(4)8-11)19(10-17(21)22)27(25,26)16-9-15(20(23)24)6-5-12(16)2/h5-9H,10H2,1-4H3,(H,21,22). The first-order valence-electron chi connectivity index (χ1n) is 8.02. The topological polar surface area (TPSA) is 118 Å². The maximum Gasteiger partial charge on any atom is 0.324 e. The van der Waals surface area contributed by atoms with E-state index in [9.17, 15) is 28.4 Å². The molecule has 0 saturated carbocycles. The third-order valence-corrected chi connectivity index (χ3v) is 6.00. The van der Waals surface area contributed by atoms with Gasteiger partial charge in [-0.05, 0) is 44.4 Å². The highest BCUT2D eigenvalue weighted by atomic mass is 32.2. The van der Waals surface area contributed by atoms with Crippen LogP contribution in [0.4, 0.5) is 11.4 Å². The SMILES string of the molecule is Cc1cc(C)c(N(CC(=O)O)S(=O)(=O)c2cc([N+](=O)[O-])ccc2C)c(C)c1. The molecule has 0 aliphatic heterocycles. The lowest BCUT2D eigenvalue weighted by Gasteiger charge is -2.27. The Balaban J connectivity index is 2.76. The first-order chi connectivity index (χ1) is 12.4. The van der Waals surface area contributed by atoms with Gasteiger partial charge < -0.3 is 5.11 Å². The van der Waals surface area contributed by atoms with Gasteiger partial charge in [0.2, 0.25) is 0 Å². The Morgan fingerprint density at radius 3 is 2.11 bits per heavy atom. The van der Waals surface area contributed by atoms with E-state index in [0.717, 1.165) is 15.9 Å². The van der Waals surface area contributed by atoms with Crippen molar-refractivity contribution in [3.63, 3.8) is 0 Å². The number of nitrogens with zero attached hydrogens (tertiary/aromatic N) is 2. The lowest BCUT2D eigenvalue weighted by molar-refractivity contribution is -0.385. The zero-order chi connectivity index (χ0) is 20.5. The molecule has 0 aliphatic carbocycles. The number of hydrogen-bond donors (Lipinski definition) is 1. The van der Waals surface area contributed by atoms with Gasteiger partial charge in [-0.3, -0.25) is 19.2 Å². The van der Waals surface area contributed by atoms with Gasteiger partial charge in [0, 0.05) is 12.1 Å². The van der Waals surface area contributed by atoms with Gasteiger partial charge in [-0.1, -0.05) is 23.8 Å². The van der Waals surface area contributed by atoms with E-state index in [1.807, 2.05) is 6.92 Å². The summed E-state index contributed by atoms with van der Waals surface area (Å²) in [6.45, 7) is 5.95. The molecule has 2 rings (SSSR count). The lowest BCUT2D eigenvalue weighted by atomic mass is 10.1. The summed E-state index contributed by atoms with van der Waals surface area (Å²) >= 11 is 0. The summed E-state index contributed by atoms with van der Waals surface area (Å²) in [7, 11) is -4.35. The first-order valence-corrected chi connectivity index (χ1v) is 9.46. The molecule has 0 unspecified atom stereocenters. The van der Waals surface area contributed by atoms with Crippen molar-refractivity contribution in [2.24, 2.45) is 0 Å². The number of sulfonamides is 1. The number of rotatable bonds is 6. The fraction of sp³-hybridized carbons (Fsp3) is 0.278. The molecule has 0 fully saturated rings. The van der Waals surface area contributed by atoms with Crippen LogP contribution in [0, 0.1) is 37.8 Å². The maximum atomic E-state index is 13.3. The van der Waals surface area contributed by atoms with Crippen LogP contribution in [0.5, 0.6) is 0 Å². The molecule has 9 heteroatoms. The van der Waals surface area contributed by atoms with Gasteiger partial charge in [0.15, 0.2) is 0 Å². The molecule has 27 heavy (non-hydrogen) atoms. The second-order valence-corrected chi connectivity index (χ2v) is 8.19. The molecule has 2 aromatic carbocycles. The van der Waals surface area contributed by atoms with Crippen LogP contribution >= 0.6 is 0 Å². The second kappa shape index (κ2) is 7.36. The Hall–Kier alpha value is -2.94. The average molecular weight is 392 g/mol. The number of non-ortho nitro benzene ring substituents is 1. The Morgan fingerprint density at radius 2 is 1.63 bits per heavy atom. The quantitative estimate of drug-likeness (QED) is 0.596.